The molecule has 1 atom stereocenters. The Morgan fingerprint density at radius 2 is 2.11 bits per heavy atom. The minimum atomic E-state index is -3.63. The molecule has 6 nitrogen and oxygen atoms in total. The van der Waals surface area contributed by atoms with Crippen LogP contribution in [0.15, 0.2) is 24.3 Å². The van der Waals surface area contributed by atoms with Crippen LogP contribution < -0.4 is 5.32 Å². The molecular weight excluding hydrogens is 369 g/mol. The second-order valence-electron chi connectivity index (χ2n) is 7.37. The maximum Gasteiger partial charge on any atom is 0.235 e. The average molecular weight is 400 g/mol. The summed E-state index contributed by atoms with van der Waals surface area (Å²) in [6.45, 7) is 5.40. The second-order valence-corrected chi connectivity index (χ2v) is 9.36. The third kappa shape index (κ3) is 7.56. The van der Waals surface area contributed by atoms with Crippen molar-refractivity contribution in [2.75, 3.05) is 39.0 Å². The summed E-state index contributed by atoms with van der Waals surface area (Å²) in [6.07, 6.45) is 4.34. The van der Waals surface area contributed by atoms with Crippen LogP contribution in [-0.4, -0.2) is 62.5 Å². The van der Waals surface area contributed by atoms with Crippen LogP contribution in [-0.2, 0) is 21.4 Å². The van der Waals surface area contributed by atoms with Gasteiger partial charge >= 0.3 is 0 Å². The first kappa shape index (κ1) is 21.8. The van der Waals surface area contributed by atoms with Crippen LogP contribution in [0, 0.1) is 11.7 Å². The van der Waals surface area contributed by atoms with Crippen LogP contribution >= 0.6 is 0 Å². The van der Waals surface area contributed by atoms with Crippen LogP contribution in [0.5, 0.6) is 0 Å². The van der Waals surface area contributed by atoms with E-state index in [-0.39, 0.29) is 24.6 Å². The molecule has 1 fully saturated rings. The number of hydrogen-bond acceptors (Lipinski definition) is 4. The monoisotopic (exact) mass is 399 g/mol. The van der Waals surface area contributed by atoms with Gasteiger partial charge in [-0.25, -0.2) is 12.8 Å². The first-order chi connectivity index (χ1) is 12.8. The predicted molar refractivity (Wildman–Crippen MR) is 104 cm³/mol. The molecule has 0 bridgehead atoms. The lowest BCUT2D eigenvalue weighted by Crippen LogP contribution is -2.41. The summed E-state index contributed by atoms with van der Waals surface area (Å²) in [5.74, 6) is -0.138. The van der Waals surface area contributed by atoms with Gasteiger partial charge in [0.2, 0.25) is 15.9 Å². The molecule has 1 aliphatic heterocycles. The number of nitrogens with zero attached hydrogens (tertiary/aromatic N) is 2. The summed E-state index contributed by atoms with van der Waals surface area (Å²) in [4.78, 5) is 14.6. The van der Waals surface area contributed by atoms with E-state index in [4.69, 9.17) is 0 Å². The Morgan fingerprint density at radius 1 is 1.37 bits per heavy atom. The zero-order chi connectivity index (χ0) is 19.9. The lowest BCUT2D eigenvalue weighted by molar-refractivity contribution is -0.121. The van der Waals surface area contributed by atoms with Crippen molar-refractivity contribution in [2.24, 2.45) is 5.92 Å². The molecule has 2 rings (SSSR count). The Balaban J connectivity index is 1.79. The van der Waals surface area contributed by atoms with Crippen molar-refractivity contribution in [3.8, 4) is 0 Å². The fraction of sp³-hybridized carbons (Fsp3) is 0.632. The van der Waals surface area contributed by atoms with Crippen LogP contribution in [0.1, 0.15) is 31.7 Å². The van der Waals surface area contributed by atoms with E-state index in [1.54, 1.807) is 12.1 Å². The highest BCUT2D eigenvalue weighted by Crippen LogP contribution is 2.15. The Hall–Kier alpha value is -1.51. The number of rotatable bonds is 9. The molecule has 0 aromatic heterocycles. The summed E-state index contributed by atoms with van der Waals surface area (Å²) in [5, 5.41) is 2.77. The van der Waals surface area contributed by atoms with Gasteiger partial charge in [0.05, 0.1) is 12.8 Å². The number of benzene rings is 1. The Labute approximate surface area is 161 Å². The molecule has 1 aromatic rings. The van der Waals surface area contributed by atoms with Crippen LogP contribution in [0.2, 0.25) is 0 Å². The van der Waals surface area contributed by atoms with Crippen molar-refractivity contribution in [3.63, 3.8) is 0 Å². The van der Waals surface area contributed by atoms with E-state index in [2.05, 4.69) is 17.1 Å². The molecule has 0 aliphatic carbocycles. The molecule has 0 radical (unpaired) electrons. The van der Waals surface area contributed by atoms with Crippen molar-refractivity contribution >= 4 is 15.9 Å². The number of carbonyl (C=O) groups excluding carboxylic acids is 1. The van der Waals surface area contributed by atoms with Crippen LogP contribution in [0.25, 0.3) is 0 Å². The second kappa shape index (κ2) is 10.1. The van der Waals surface area contributed by atoms with Gasteiger partial charge in [0, 0.05) is 25.2 Å². The first-order valence-corrected chi connectivity index (χ1v) is 11.3. The molecule has 8 heteroatoms. The molecule has 1 amide bonds. The third-order valence-electron chi connectivity index (χ3n) is 4.81. The fourth-order valence-corrected chi connectivity index (χ4v) is 4.07. The lowest BCUT2D eigenvalue weighted by Gasteiger charge is -2.30. The summed E-state index contributed by atoms with van der Waals surface area (Å²) in [5.41, 5.74) is 0.245. The summed E-state index contributed by atoms with van der Waals surface area (Å²) >= 11 is 0. The number of amides is 1. The minimum absolute atomic E-state index is 0.162. The molecule has 1 heterocycles. The van der Waals surface area contributed by atoms with Gasteiger partial charge < -0.3 is 10.2 Å². The Kier molecular flexibility index (Phi) is 8.19. The molecule has 1 aromatic carbocycles. The summed E-state index contributed by atoms with van der Waals surface area (Å²) < 4.78 is 38.7. The highest BCUT2D eigenvalue weighted by molar-refractivity contribution is 7.88. The van der Waals surface area contributed by atoms with Gasteiger partial charge in [0.15, 0.2) is 0 Å². The third-order valence-corrected chi connectivity index (χ3v) is 6.00. The molecule has 0 spiro atoms. The topological polar surface area (TPSA) is 69.7 Å². The van der Waals surface area contributed by atoms with E-state index in [1.807, 2.05) is 0 Å². The molecule has 0 unspecified atom stereocenters. The van der Waals surface area contributed by atoms with Crippen LogP contribution in [0.3, 0.4) is 0 Å². The van der Waals surface area contributed by atoms with E-state index in [9.17, 15) is 17.6 Å². The van der Waals surface area contributed by atoms with Gasteiger partial charge in [-0.3, -0.25) is 4.79 Å². The van der Waals surface area contributed by atoms with Gasteiger partial charge in [0.25, 0.3) is 0 Å². The van der Waals surface area contributed by atoms with Gasteiger partial charge in [-0.1, -0.05) is 25.1 Å². The van der Waals surface area contributed by atoms with Crippen molar-refractivity contribution < 1.29 is 17.6 Å². The van der Waals surface area contributed by atoms with Crippen molar-refractivity contribution in [2.45, 2.75) is 32.7 Å². The molecule has 0 saturated carbocycles. The lowest BCUT2D eigenvalue weighted by atomic mass is 10.0. The highest BCUT2D eigenvalue weighted by atomic mass is 32.2. The molecule has 27 heavy (non-hydrogen) atoms. The van der Waals surface area contributed by atoms with E-state index in [1.165, 1.54) is 25.0 Å². The number of sulfonamides is 1. The number of nitrogens with one attached hydrogen (secondary N) is 1. The van der Waals surface area contributed by atoms with E-state index >= 15 is 0 Å². The SMILES string of the molecule is C[C@H]1CCCN(CCCNC(=O)CN(Cc2ccccc2F)S(C)(=O)=O)C1. The quantitative estimate of drug-likeness (QED) is 0.643. The minimum Gasteiger partial charge on any atom is -0.355 e. The smallest absolute Gasteiger partial charge is 0.235 e. The molecule has 1 N–H and O–H groups in total. The van der Waals surface area contributed by atoms with E-state index < -0.39 is 15.8 Å². The normalized spacial score (nSPS) is 18.6. The number of hydrogen-bond donors (Lipinski definition) is 1. The summed E-state index contributed by atoms with van der Waals surface area (Å²) in [7, 11) is -3.63. The molecule has 152 valence electrons. The van der Waals surface area contributed by atoms with E-state index in [0.29, 0.717) is 6.54 Å². The zero-order valence-electron chi connectivity index (χ0n) is 16.2. The summed E-state index contributed by atoms with van der Waals surface area (Å²) in [6, 6.07) is 5.97. The number of carbonyl (C=O) groups is 1. The Morgan fingerprint density at radius 3 is 2.78 bits per heavy atom. The zero-order valence-corrected chi connectivity index (χ0v) is 17.0. The van der Waals surface area contributed by atoms with Gasteiger partial charge in [0.1, 0.15) is 5.82 Å². The number of halogens is 1. The number of piperidine rings is 1. The van der Waals surface area contributed by atoms with Crippen molar-refractivity contribution in [3.05, 3.63) is 35.6 Å². The molecular formula is C19H30FN3O3S. The number of likely N-dealkylation sites (tertiary alicyclic amines) is 1. The van der Waals surface area contributed by atoms with Gasteiger partial charge in [-0.05, 0) is 44.3 Å². The van der Waals surface area contributed by atoms with Crippen LogP contribution in [0.4, 0.5) is 4.39 Å². The maximum absolute atomic E-state index is 13.8. The van der Waals surface area contributed by atoms with Crippen molar-refractivity contribution in [1.82, 2.24) is 14.5 Å². The largest absolute Gasteiger partial charge is 0.355 e. The standard InChI is InChI=1S/C19H30FN3O3S/c1-16-7-5-11-22(13-16)12-6-10-21-19(24)15-23(27(2,25)26)14-17-8-3-4-9-18(17)20/h3-4,8-9,16H,5-7,10-15H2,1-2H3,(H,21,24)/t16-/m0/s1. The molecule has 1 aliphatic rings. The van der Waals surface area contributed by atoms with Crippen molar-refractivity contribution in [1.29, 1.82) is 0 Å². The molecule has 1 saturated heterocycles. The average Bonchev–Trinajstić information content (AvgIpc) is 2.59. The highest BCUT2D eigenvalue weighted by Gasteiger charge is 2.22. The Bertz CT molecular complexity index is 727. The van der Waals surface area contributed by atoms with Gasteiger partial charge in [-0.15, -0.1) is 0 Å². The first-order valence-electron chi connectivity index (χ1n) is 9.43. The maximum atomic E-state index is 13.8. The predicted octanol–water partition coefficient (Wildman–Crippen LogP) is 1.83. The van der Waals surface area contributed by atoms with Gasteiger partial charge in [-0.2, -0.15) is 4.31 Å². The fourth-order valence-electron chi connectivity index (χ4n) is 3.34. The van der Waals surface area contributed by atoms with E-state index in [0.717, 1.165) is 42.5 Å².